The Labute approximate surface area is 397 Å². The molecule has 3 saturated carbocycles. The average Bonchev–Trinajstić information content (AvgIpc) is 3.64. The molecule has 17 nitrogen and oxygen atoms in total. The highest BCUT2D eigenvalue weighted by Gasteiger charge is 2.68. The summed E-state index contributed by atoms with van der Waals surface area (Å²) in [5.74, 6) is -2.08. The average molecular weight is 933 g/mol. The summed E-state index contributed by atoms with van der Waals surface area (Å²) in [4.78, 5) is 65.6. The fourth-order valence-corrected chi connectivity index (χ4v) is 9.52. The van der Waals surface area contributed by atoms with Gasteiger partial charge < -0.3 is 62.5 Å². The van der Waals surface area contributed by atoms with Gasteiger partial charge in [0.05, 0.1) is 17.8 Å². The van der Waals surface area contributed by atoms with Crippen molar-refractivity contribution in [2.24, 2.45) is 28.7 Å². The molecule has 1 unspecified atom stereocenters. The smallest absolute Gasteiger partial charge is 0.444 e. The second-order valence-electron chi connectivity index (χ2n) is 20.4. The second-order valence-corrected chi connectivity index (χ2v) is 20.4. The number of rotatable bonds is 24. The van der Waals surface area contributed by atoms with Gasteiger partial charge in [-0.2, -0.15) is 0 Å². The van der Waals surface area contributed by atoms with E-state index >= 15 is 0 Å². The van der Waals surface area contributed by atoms with Crippen molar-refractivity contribution >= 4 is 36.8 Å². The van der Waals surface area contributed by atoms with Crippen LogP contribution in [0.5, 0.6) is 0 Å². The van der Waals surface area contributed by atoms with Crippen LogP contribution in [0.3, 0.4) is 0 Å². The number of carbonyl (C=O) groups is 5. The molecule has 4 aliphatic rings. The number of amides is 5. The van der Waals surface area contributed by atoms with E-state index in [1.807, 2.05) is 6.92 Å². The van der Waals surface area contributed by atoms with Crippen molar-refractivity contribution < 1.29 is 43.1 Å². The first-order valence-corrected chi connectivity index (χ1v) is 24.2. The third-order valence-corrected chi connectivity index (χ3v) is 13.6. The van der Waals surface area contributed by atoms with E-state index < -0.39 is 78.5 Å². The molecule has 2 bridgehead atoms. The summed E-state index contributed by atoms with van der Waals surface area (Å²) in [6.07, 6.45) is 3.08. The van der Waals surface area contributed by atoms with Crippen molar-refractivity contribution in [2.75, 3.05) is 13.1 Å². The molecule has 4 fully saturated rings. The zero-order chi connectivity index (χ0) is 49.1. The van der Waals surface area contributed by atoms with Crippen LogP contribution in [0.4, 0.5) is 4.79 Å². The SMILES string of the molecule is CCCCc1ccc(-c2ccc(CNCCCC(=O)N[C@H](C(=O)N[C@@H](N)C(=O)N[C@@H](CCCCNC(=O)OC(C)(C)C)C(=O)N[C@@H](N)B3OC4C[C@@H]5C[C@@H](C5(C)C)[C@]4(C)O3)[C@@H](C)O)cc2)cc1. The number of aliphatic hydroxyl groups excluding tert-OH is 1. The third-order valence-electron chi connectivity index (χ3n) is 13.6. The second kappa shape index (κ2) is 23.6. The van der Waals surface area contributed by atoms with Crippen LogP contribution in [0.25, 0.3) is 11.1 Å². The molecule has 0 radical (unpaired) electrons. The summed E-state index contributed by atoms with van der Waals surface area (Å²) in [7, 11) is -0.915. The number of benzene rings is 2. The maximum atomic E-state index is 13.8. The Balaban J connectivity index is 1.08. The number of aryl methyl sites for hydroxylation is 1. The van der Waals surface area contributed by atoms with Gasteiger partial charge in [-0.25, -0.2) is 4.79 Å². The van der Waals surface area contributed by atoms with E-state index in [2.05, 4.69) is 101 Å². The molecule has 1 heterocycles. The zero-order valence-electron chi connectivity index (χ0n) is 40.9. The largest absolute Gasteiger partial charge is 0.497 e. The number of nitrogens with two attached hydrogens (primary N) is 2. The molecular formula is C49H77BN8O9. The van der Waals surface area contributed by atoms with Crippen molar-refractivity contribution in [1.82, 2.24) is 31.9 Å². The Kier molecular flexibility index (Phi) is 18.8. The molecule has 5 amide bonds. The molecule has 370 valence electrons. The first-order chi connectivity index (χ1) is 31.6. The summed E-state index contributed by atoms with van der Waals surface area (Å²) in [5.41, 5.74) is 16.3. The van der Waals surface area contributed by atoms with Gasteiger partial charge >= 0.3 is 13.2 Å². The van der Waals surface area contributed by atoms with Gasteiger partial charge in [0.25, 0.3) is 5.91 Å². The van der Waals surface area contributed by atoms with Gasteiger partial charge in [-0.05, 0) is 132 Å². The number of alkyl carbamates (subject to hydrolysis) is 1. The van der Waals surface area contributed by atoms with Crippen LogP contribution in [-0.4, -0.2) is 103 Å². The maximum absolute atomic E-state index is 13.8. The highest BCUT2D eigenvalue weighted by atomic mass is 16.7. The van der Waals surface area contributed by atoms with Crippen LogP contribution in [0.2, 0.25) is 0 Å². The van der Waals surface area contributed by atoms with Crippen LogP contribution in [0.15, 0.2) is 48.5 Å². The molecule has 11 N–H and O–H groups in total. The lowest BCUT2D eigenvalue weighted by Crippen LogP contribution is -2.65. The van der Waals surface area contributed by atoms with Gasteiger partial charge in [0.2, 0.25) is 17.7 Å². The van der Waals surface area contributed by atoms with Crippen molar-refractivity contribution in [3.8, 4) is 11.1 Å². The molecule has 0 aromatic heterocycles. The fraction of sp³-hybridized carbons (Fsp3) is 0.653. The Hall–Kier alpha value is -4.59. The Bertz CT molecular complexity index is 1980. The topological polar surface area (TPSA) is 257 Å². The van der Waals surface area contributed by atoms with Crippen molar-refractivity contribution in [1.29, 1.82) is 0 Å². The molecule has 9 atom stereocenters. The summed E-state index contributed by atoms with van der Waals surface area (Å²) in [6, 6.07) is 13.4. The van der Waals surface area contributed by atoms with Crippen molar-refractivity contribution in [3.63, 3.8) is 0 Å². The minimum atomic E-state index is -1.66. The molecular weight excluding hydrogens is 855 g/mol. The van der Waals surface area contributed by atoms with E-state index in [0.29, 0.717) is 38.3 Å². The molecule has 67 heavy (non-hydrogen) atoms. The lowest BCUT2D eigenvalue weighted by Gasteiger charge is -2.64. The van der Waals surface area contributed by atoms with E-state index in [9.17, 15) is 29.1 Å². The van der Waals surface area contributed by atoms with Crippen LogP contribution in [-0.2, 0) is 46.2 Å². The monoisotopic (exact) mass is 933 g/mol. The minimum absolute atomic E-state index is 0.0748. The third kappa shape index (κ3) is 14.7. The predicted octanol–water partition coefficient (Wildman–Crippen LogP) is 3.68. The van der Waals surface area contributed by atoms with E-state index in [4.69, 9.17) is 25.5 Å². The summed E-state index contributed by atoms with van der Waals surface area (Å²) < 4.78 is 18.0. The number of nitrogens with one attached hydrogen (secondary N) is 6. The number of ether oxygens (including phenoxy) is 1. The number of hydrogen-bond acceptors (Lipinski definition) is 12. The van der Waals surface area contributed by atoms with Crippen LogP contribution in [0, 0.1) is 17.3 Å². The standard InChI is InChI=1S/C49H77BN8O9/c1-9-10-14-31-17-21-33(22-18-31)34-23-19-32(20-24-34)29-53-25-13-16-39(60)56-40(30(2)59)43(62)57-41(51)44(63)55-36(15-11-12-26-54-46(64)65-47(3,4)5)42(61)58-45(52)50-66-38-28-35-27-37(48(35,6)7)49(38,8)67-50/h17-24,30,35-38,40-41,45,53,59H,9-16,25-29,51-52H2,1-8H3,(H,54,64)(H,55,63)(H,56,60)(H,57,62)(H,58,61)/t30-,35+,36+,37+,38?,40+,41-,45-,49+/m1/s1. The van der Waals surface area contributed by atoms with Gasteiger partial charge in [-0.1, -0.05) is 75.7 Å². The lowest BCUT2D eigenvalue weighted by atomic mass is 9.43. The van der Waals surface area contributed by atoms with Crippen LogP contribution >= 0.6 is 0 Å². The Morgan fingerprint density at radius 2 is 1.49 bits per heavy atom. The molecule has 1 saturated heterocycles. The first-order valence-electron chi connectivity index (χ1n) is 24.2. The van der Waals surface area contributed by atoms with Crippen LogP contribution in [0.1, 0.15) is 124 Å². The van der Waals surface area contributed by atoms with Gasteiger partial charge in [-0.15, -0.1) is 0 Å². The normalized spacial score (nSPS) is 22.7. The maximum Gasteiger partial charge on any atom is 0.497 e. The van der Waals surface area contributed by atoms with Crippen molar-refractivity contribution in [3.05, 3.63) is 59.7 Å². The summed E-state index contributed by atoms with van der Waals surface area (Å²) >= 11 is 0. The van der Waals surface area contributed by atoms with Gasteiger partial charge in [0.1, 0.15) is 23.7 Å². The Morgan fingerprint density at radius 1 is 0.836 bits per heavy atom. The highest BCUT2D eigenvalue weighted by Crippen LogP contribution is 2.65. The molecule has 2 aromatic rings. The molecule has 6 rings (SSSR count). The van der Waals surface area contributed by atoms with E-state index in [1.54, 1.807) is 20.8 Å². The Morgan fingerprint density at radius 3 is 2.10 bits per heavy atom. The fourth-order valence-electron chi connectivity index (χ4n) is 9.52. The van der Waals surface area contributed by atoms with Gasteiger partial charge in [-0.3, -0.25) is 19.2 Å². The molecule has 1 aliphatic heterocycles. The zero-order valence-corrected chi connectivity index (χ0v) is 40.9. The predicted molar refractivity (Wildman–Crippen MR) is 257 cm³/mol. The number of hydrogen-bond donors (Lipinski definition) is 9. The number of unbranched alkanes of at least 4 members (excludes halogenated alkanes) is 2. The molecule has 3 aliphatic carbocycles. The lowest BCUT2D eigenvalue weighted by molar-refractivity contribution is -0.199. The molecule has 18 heteroatoms. The van der Waals surface area contributed by atoms with Gasteiger partial charge in [0.15, 0.2) is 6.17 Å². The van der Waals surface area contributed by atoms with Crippen molar-refractivity contribution in [2.45, 2.75) is 174 Å². The highest BCUT2D eigenvalue weighted by molar-refractivity contribution is 6.47. The van der Waals surface area contributed by atoms with E-state index in [1.165, 1.54) is 30.9 Å². The summed E-state index contributed by atoms with van der Waals surface area (Å²) in [5, 5.41) is 26.7. The van der Waals surface area contributed by atoms with Crippen LogP contribution < -0.4 is 43.4 Å². The summed E-state index contributed by atoms with van der Waals surface area (Å²) in [6.45, 7) is 16.7. The molecule has 0 spiro atoms. The first kappa shape index (κ1) is 53.4. The quantitative estimate of drug-likeness (QED) is 0.0415. The number of aliphatic hydroxyl groups is 1. The van der Waals surface area contributed by atoms with Gasteiger partial charge in [0, 0.05) is 19.5 Å². The molecule has 2 aromatic carbocycles. The number of carbonyl (C=O) groups excluding carboxylic acids is 5. The minimum Gasteiger partial charge on any atom is -0.444 e. The van der Waals surface area contributed by atoms with E-state index in [-0.39, 0.29) is 36.8 Å². The van der Waals surface area contributed by atoms with E-state index in [0.717, 1.165) is 30.4 Å².